The Morgan fingerprint density at radius 3 is 2.50 bits per heavy atom. The largest absolute Gasteiger partial charge is 0.375 e. The van der Waals surface area contributed by atoms with Crippen molar-refractivity contribution in [2.45, 2.75) is 71.4 Å². The summed E-state index contributed by atoms with van der Waals surface area (Å²) in [4.78, 5) is 12.1. The summed E-state index contributed by atoms with van der Waals surface area (Å²) < 4.78 is 5.59. The molecule has 2 rings (SSSR count). The van der Waals surface area contributed by atoms with Crippen molar-refractivity contribution in [3.05, 3.63) is 0 Å². The SMILES string of the molecule is CCC(C)(C)C1CCC(NC(=O)CC2CNCCO2)CC1.Cl. The van der Waals surface area contributed by atoms with Gasteiger partial charge in [-0.1, -0.05) is 27.2 Å². The number of carbonyl (C=O) groups excluding carboxylic acids is 1. The van der Waals surface area contributed by atoms with Crippen molar-refractivity contribution < 1.29 is 9.53 Å². The van der Waals surface area contributed by atoms with Crippen molar-refractivity contribution in [3.8, 4) is 0 Å². The second-order valence-electron chi connectivity index (χ2n) is 7.36. The van der Waals surface area contributed by atoms with Crippen molar-refractivity contribution in [1.82, 2.24) is 10.6 Å². The lowest BCUT2D eigenvalue weighted by Crippen LogP contribution is -2.44. The summed E-state index contributed by atoms with van der Waals surface area (Å²) in [5.41, 5.74) is 0.441. The normalized spacial score (nSPS) is 29.5. The van der Waals surface area contributed by atoms with Crippen LogP contribution in [0.4, 0.5) is 0 Å². The van der Waals surface area contributed by atoms with E-state index in [0.717, 1.165) is 38.5 Å². The van der Waals surface area contributed by atoms with Gasteiger partial charge in [-0.05, 0) is 37.0 Å². The van der Waals surface area contributed by atoms with E-state index in [1.165, 1.54) is 19.3 Å². The summed E-state index contributed by atoms with van der Waals surface area (Å²) in [6.45, 7) is 9.45. The molecule has 4 nitrogen and oxygen atoms in total. The first-order valence-electron chi connectivity index (χ1n) is 8.63. The van der Waals surface area contributed by atoms with Gasteiger partial charge in [0.05, 0.1) is 19.1 Å². The summed E-state index contributed by atoms with van der Waals surface area (Å²) in [5.74, 6) is 0.962. The lowest BCUT2D eigenvalue weighted by molar-refractivity contribution is -0.125. The van der Waals surface area contributed by atoms with Gasteiger partial charge >= 0.3 is 0 Å². The van der Waals surface area contributed by atoms with Crippen LogP contribution in [0.5, 0.6) is 0 Å². The van der Waals surface area contributed by atoms with Crippen LogP contribution >= 0.6 is 12.4 Å². The second kappa shape index (κ2) is 9.09. The molecular weight excluding hydrogens is 300 g/mol. The van der Waals surface area contributed by atoms with E-state index in [4.69, 9.17) is 4.74 Å². The van der Waals surface area contributed by atoms with Gasteiger partial charge < -0.3 is 15.4 Å². The molecule has 0 bridgehead atoms. The first-order chi connectivity index (χ1) is 10.0. The lowest BCUT2D eigenvalue weighted by atomic mass is 9.69. The molecule has 1 heterocycles. The van der Waals surface area contributed by atoms with Gasteiger partial charge in [-0.2, -0.15) is 0 Å². The molecule has 2 N–H and O–H groups in total. The fourth-order valence-corrected chi connectivity index (χ4v) is 3.55. The minimum absolute atomic E-state index is 0. The number of ether oxygens (including phenoxy) is 1. The monoisotopic (exact) mass is 332 g/mol. The Morgan fingerprint density at radius 1 is 1.27 bits per heavy atom. The molecule has 1 aliphatic carbocycles. The number of nitrogens with one attached hydrogen (secondary N) is 2. The third-order valence-corrected chi connectivity index (χ3v) is 5.53. The van der Waals surface area contributed by atoms with E-state index in [1.807, 2.05) is 0 Å². The number of morpholine rings is 1. The first kappa shape index (κ1) is 19.7. The van der Waals surface area contributed by atoms with Gasteiger partial charge in [0.25, 0.3) is 0 Å². The van der Waals surface area contributed by atoms with Gasteiger partial charge in [-0.25, -0.2) is 0 Å². The zero-order valence-electron chi connectivity index (χ0n) is 14.3. The molecule has 1 aliphatic heterocycles. The van der Waals surface area contributed by atoms with Crippen LogP contribution in [0.15, 0.2) is 0 Å². The molecule has 0 aromatic carbocycles. The fraction of sp³-hybridized carbons (Fsp3) is 0.941. The second-order valence-corrected chi connectivity index (χ2v) is 7.36. The molecule has 130 valence electrons. The number of hydrogen-bond donors (Lipinski definition) is 2. The number of amides is 1. The third kappa shape index (κ3) is 5.71. The van der Waals surface area contributed by atoms with Crippen LogP contribution in [-0.4, -0.2) is 37.7 Å². The van der Waals surface area contributed by atoms with Crippen LogP contribution in [0.1, 0.15) is 59.3 Å². The van der Waals surface area contributed by atoms with Crippen LogP contribution in [0, 0.1) is 11.3 Å². The van der Waals surface area contributed by atoms with Crippen molar-refractivity contribution >= 4 is 18.3 Å². The summed E-state index contributed by atoms with van der Waals surface area (Å²) >= 11 is 0. The van der Waals surface area contributed by atoms with Gasteiger partial charge in [0.1, 0.15) is 0 Å². The van der Waals surface area contributed by atoms with Gasteiger partial charge in [0.15, 0.2) is 0 Å². The Bertz CT molecular complexity index is 336. The van der Waals surface area contributed by atoms with E-state index < -0.39 is 0 Å². The van der Waals surface area contributed by atoms with Crippen LogP contribution < -0.4 is 10.6 Å². The van der Waals surface area contributed by atoms with E-state index in [-0.39, 0.29) is 24.4 Å². The molecule has 22 heavy (non-hydrogen) atoms. The summed E-state index contributed by atoms with van der Waals surface area (Å²) in [5, 5.41) is 6.48. The van der Waals surface area contributed by atoms with Crippen molar-refractivity contribution in [2.24, 2.45) is 11.3 Å². The standard InChI is InChI=1S/C17H32N2O2.ClH/c1-4-17(2,3)13-5-7-14(8-6-13)19-16(20)11-15-12-18-9-10-21-15;/h13-15,18H,4-12H2,1-3H3,(H,19,20);1H. The number of rotatable bonds is 5. The minimum Gasteiger partial charge on any atom is -0.375 e. The topological polar surface area (TPSA) is 50.4 Å². The van der Waals surface area contributed by atoms with Crippen LogP contribution in [0.2, 0.25) is 0 Å². The van der Waals surface area contributed by atoms with E-state index in [0.29, 0.717) is 17.9 Å². The molecule has 0 aromatic heterocycles. The maximum Gasteiger partial charge on any atom is 0.222 e. The predicted octanol–water partition coefficient (Wildman–Crippen LogP) is 2.90. The maximum absolute atomic E-state index is 12.1. The van der Waals surface area contributed by atoms with E-state index in [1.54, 1.807) is 0 Å². The van der Waals surface area contributed by atoms with Gasteiger partial charge in [0, 0.05) is 19.1 Å². The minimum atomic E-state index is 0. The van der Waals surface area contributed by atoms with Gasteiger partial charge in [-0.15, -0.1) is 12.4 Å². The molecule has 2 aliphatic rings. The Kier molecular flexibility index (Phi) is 8.15. The number of hydrogen-bond acceptors (Lipinski definition) is 3. The molecule has 2 fully saturated rings. The summed E-state index contributed by atoms with van der Waals surface area (Å²) in [6, 6.07) is 0.373. The van der Waals surface area contributed by atoms with Crippen molar-refractivity contribution in [1.29, 1.82) is 0 Å². The molecule has 0 spiro atoms. The lowest BCUT2D eigenvalue weighted by Gasteiger charge is -2.39. The fourth-order valence-electron chi connectivity index (χ4n) is 3.55. The van der Waals surface area contributed by atoms with Crippen LogP contribution in [-0.2, 0) is 9.53 Å². The smallest absolute Gasteiger partial charge is 0.222 e. The zero-order valence-corrected chi connectivity index (χ0v) is 15.1. The van der Waals surface area contributed by atoms with E-state index in [2.05, 4.69) is 31.4 Å². The molecular formula is C17H33ClN2O2. The Balaban J connectivity index is 0.00000242. The molecule has 0 aromatic rings. The average molecular weight is 333 g/mol. The summed E-state index contributed by atoms with van der Waals surface area (Å²) in [7, 11) is 0. The highest BCUT2D eigenvalue weighted by atomic mass is 35.5. The molecule has 1 atom stereocenters. The highest BCUT2D eigenvalue weighted by Gasteiger charge is 2.32. The highest BCUT2D eigenvalue weighted by Crippen LogP contribution is 2.40. The molecule has 1 unspecified atom stereocenters. The molecule has 0 radical (unpaired) electrons. The molecule has 5 heteroatoms. The zero-order chi connectivity index (χ0) is 15.3. The maximum atomic E-state index is 12.1. The first-order valence-corrected chi connectivity index (χ1v) is 8.63. The van der Waals surface area contributed by atoms with Crippen LogP contribution in [0.3, 0.4) is 0 Å². The number of halogens is 1. The quantitative estimate of drug-likeness (QED) is 0.814. The Hall–Kier alpha value is -0.320. The van der Waals surface area contributed by atoms with Gasteiger partial charge in [0.2, 0.25) is 5.91 Å². The van der Waals surface area contributed by atoms with E-state index in [9.17, 15) is 4.79 Å². The Labute approximate surface area is 141 Å². The van der Waals surface area contributed by atoms with Crippen molar-refractivity contribution in [3.63, 3.8) is 0 Å². The predicted molar refractivity (Wildman–Crippen MR) is 92.4 cm³/mol. The van der Waals surface area contributed by atoms with Gasteiger partial charge in [-0.3, -0.25) is 4.79 Å². The molecule has 1 saturated carbocycles. The third-order valence-electron chi connectivity index (χ3n) is 5.53. The molecule has 1 amide bonds. The average Bonchev–Trinajstić information content (AvgIpc) is 2.48. The van der Waals surface area contributed by atoms with Crippen molar-refractivity contribution in [2.75, 3.05) is 19.7 Å². The Morgan fingerprint density at radius 2 is 1.95 bits per heavy atom. The molecule has 1 saturated heterocycles. The van der Waals surface area contributed by atoms with E-state index >= 15 is 0 Å². The highest BCUT2D eigenvalue weighted by molar-refractivity contribution is 5.85. The number of carbonyl (C=O) groups is 1. The summed E-state index contributed by atoms with van der Waals surface area (Å²) in [6.07, 6.45) is 6.52. The van der Waals surface area contributed by atoms with Crippen LogP contribution in [0.25, 0.3) is 0 Å².